The zero-order valence-corrected chi connectivity index (χ0v) is 66.6. The van der Waals surface area contributed by atoms with Crippen LogP contribution in [0.4, 0.5) is 43.2 Å². The van der Waals surface area contributed by atoms with Gasteiger partial charge in [0.1, 0.15) is 0 Å². The summed E-state index contributed by atoms with van der Waals surface area (Å²) in [6.07, 6.45) is 33.0. The van der Waals surface area contributed by atoms with Crippen LogP contribution < -0.4 is 47.9 Å². The Morgan fingerprint density at radius 2 is 0.536 bits per heavy atom. The molecule has 0 aromatic rings. The third kappa shape index (κ3) is 38.1. The summed E-state index contributed by atoms with van der Waals surface area (Å²) >= 11 is 12.5. The Morgan fingerprint density at radius 1 is 0.278 bits per heavy atom. The molecule has 556 valence electrons. The van der Waals surface area contributed by atoms with Gasteiger partial charge in [-0.2, -0.15) is 0 Å². The first-order chi connectivity index (χ1) is 47.1. The van der Waals surface area contributed by atoms with Crippen molar-refractivity contribution < 1.29 is 43.2 Å². The van der Waals surface area contributed by atoms with Gasteiger partial charge >= 0.3 is 0 Å². The molecule has 0 aliphatic heterocycles. The zero-order valence-electron chi connectivity index (χ0n) is 59.3. The van der Waals surface area contributed by atoms with Crippen molar-refractivity contribution >= 4 is 153 Å². The van der Waals surface area contributed by atoms with E-state index in [-0.39, 0.29) is 59.2 Å². The maximum absolute atomic E-state index is 13.4. The summed E-state index contributed by atoms with van der Waals surface area (Å²) in [6, 6.07) is 0.470. The van der Waals surface area contributed by atoms with E-state index in [1.165, 1.54) is 119 Å². The van der Waals surface area contributed by atoms with Crippen molar-refractivity contribution in [1.82, 2.24) is 47.9 Å². The molecule has 5 rings (SSSR count). The minimum Gasteiger partial charge on any atom is -0.350 e. The van der Waals surface area contributed by atoms with E-state index in [0.717, 1.165) is 238 Å². The first-order valence-corrected chi connectivity index (χ1v) is 45.9. The van der Waals surface area contributed by atoms with Crippen LogP contribution in [-0.4, -0.2) is 159 Å². The van der Waals surface area contributed by atoms with E-state index in [0.29, 0.717) is 84.7 Å². The first-order valence-electron chi connectivity index (χ1n) is 37.0. The topological polar surface area (TPSA) is 262 Å². The average molecular weight is 1520 g/mol. The molecule has 0 aromatic heterocycles. The second-order valence-electron chi connectivity index (χ2n) is 27.7. The fourth-order valence-corrected chi connectivity index (χ4v) is 22.9. The Morgan fingerprint density at radius 3 is 0.835 bits per heavy atom. The molecule has 5 aliphatic rings. The van der Waals surface area contributed by atoms with Gasteiger partial charge in [0.25, 0.3) is 47.2 Å². The fraction of sp³-hybridized carbons (Fsp3) is 0.871. The number of hydrogen-bond acceptors (Lipinski definition) is 18. The number of thioether (sulfide) groups is 9. The largest absolute Gasteiger partial charge is 0.350 e. The number of amides is 9. The molecular weight excluding hydrogens is 1400 g/mol. The summed E-state index contributed by atoms with van der Waals surface area (Å²) < 4.78 is 0. The van der Waals surface area contributed by atoms with Crippen molar-refractivity contribution in [2.45, 2.75) is 218 Å². The summed E-state index contributed by atoms with van der Waals surface area (Å²) in [4.78, 5) is 112. The number of unbranched alkanes of at least 4 members (excludes halogenated alkanes) is 3. The molecule has 0 radical (unpaired) electrons. The highest BCUT2D eigenvalue weighted by Gasteiger charge is 2.35. The van der Waals surface area contributed by atoms with Gasteiger partial charge < -0.3 is 47.9 Å². The maximum atomic E-state index is 13.4. The van der Waals surface area contributed by atoms with Crippen molar-refractivity contribution in [2.24, 2.45) is 65.1 Å². The van der Waals surface area contributed by atoms with Gasteiger partial charge in [0.05, 0.1) is 0 Å². The number of rotatable bonds is 39. The monoisotopic (exact) mass is 1520 g/mol. The van der Waals surface area contributed by atoms with Gasteiger partial charge in [-0.15, -0.1) is 0 Å². The van der Waals surface area contributed by atoms with Crippen LogP contribution in [0.5, 0.6) is 0 Å². The van der Waals surface area contributed by atoms with Crippen LogP contribution in [0.25, 0.3) is 0 Å². The van der Waals surface area contributed by atoms with Crippen LogP contribution in [0.2, 0.25) is 0 Å². The Hall–Kier alpha value is -1.62. The molecule has 97 heavy (non-hydrogen) atoms. The Balaban J connectivity index is 0.896. The van der Waals surface area contributed by atoms with E-state index in [4.69, 9.17) is 0 Å². The van der Waals surface area contributed by atoms with Crippen LogP contribution >= 0.6 is 106 Å². The number of nitrogens with one attached hydrogen (secondary N) is 9. The van der Waals surface area contributed by atoms with E-state index in [2.05, 4.69) is 47.9 Å². The summed E-state index contributed by atoms with van der Waals surface area (Å²) in [5.74, 6) is 13.5. The van der Waals surface area contributed by atoms with Crippen LogP contribution in [0.1, 0.15) is 206 Å². The van der Waals surface area contributed by atoms with Crippen molar-refractivity contribution in [2.75, 3.05) is 99.6 Å². The van der Waals surface area contributed by atoms with E-state index >= 15 is 0 Å². The third-order valence-corrected chi connectivity index (χ3v) is 28.9. The number of carbonyl (C=O) groups excluding carboxylic acids is 9. The lowest BCUT2D eigenvalue weighted by Crippen LogP contribution is -2.37. The lowest BCUT2D eigenvalue weighted by atomic mass is 9.71. The average Bonchev–Trinajstić information content (AvgIpc) is 0.942. The van der Waals surface area contributed by atoms with E-state index in [9.17, 15) is 43.2 Å². The second-order valence-corrected chi connectivity index (χ2v) is 37.3. The van der Waals surface area contributed by atoms with Gasteiger partial charge in [0.15, 0.2) is 0 Å². The Labute approximate surface area is 621 Å². The zero-order chi connectivity index (χ0) is 69.8. The quantitative estimate of drug-likeness (QED) is 0.0259. The molecule has 5 fully saturated rings. The smallest absolute Gasteiger partial charge is 0.279 e. The summed E-state index contributed by atoms with van der Waals surface area (Å²) in [6.45, 7) is 3.89. The van der Waals surface area contributed by atoms with Gasteiger partial charge in [-0.25, -0.2) is 0 Å². The van der Waals surface area contributed by atoms with Gasteiger partial charge in [-0.1, -0.05) is 138 Å². The molecule has 9 amide bonds. The van der Waals surface area contributed by atoms with Gasteiger partial charge in [-0.05, 0) is 239 Å². The molecule has 0 spiro atoms. The number of carbonyl (C=O) groups is 9. The minimum atomic E-state index is 0.000852. The lowest BCUT2D eigenvalue weighted by Gasteiger charge is -2.36. The van der Waals surface area contributed by atoms with Crippen LogP contribution in [0, 0.1) is 65.1 Å². The van der Waals surface area contributed by atoms with Crippen LogP contribution in [0.15, 0.2) is 0 Å². The molecule has 5 aliphatic carbocycles. The highest BCUT2D eigenvalue weighted by Crippen LogP contribution is 2.44. The molecule has 27 heteroatoms. The predicted molar refractivity (Wildman–Crippen MR) is 422 cm³/mol. The lowest BCUT2D eigenvalue weighted by molar-refractivity contribution is 0.169. The van der Waals surface area contributed by atoms with Gasteiger partial charge in [0, 0.05) is 112 Å². The predicted octanol–water partition coefficient (Wildman–Crippen LogP) is 18.2. The van der Waals surface area contributed by atoms with Crippen LogP contribution in [0.3, 0.4) is 0 Å². The summed E-state index contributed by atoms with van der Waals surface area (Å²) in [5, 5.41) is 27.0. The SMILES string of the molecule is CCNC(=O)SCCC1CCC(CCSC(=O)NC)C(CCSC(=O)NC2CCC(CC3CCC(NC(=O)SCCC4CC(CCSC(=O)NC)CCC4CCSC(=O)NCCCCCCNC(=O)SCCC4CCC(CCSC(=O)NC)C(CCSC(=O)NC)C4)CC3)CC2)C1. The minimum absolute atomic E-state index is 0.000852. The summed E-state index contributed by atoms with van der Waals surface area (Å²) in [5.41, 5.74) is 0. The molecule has 0 aromatic carbocycles. The Bertz CT molecular complexity index is 2310. The summed E-state index contributed by atoms with van der Waals surface area (Å²) in [7, 11) is 6.68. The Kier molecular flexibility index (Phi) is 46.4. The van der Waals surface area contributed by atoms with E-state index < -0.39 is 0 Å². The molecular formula is C70H123N9O9S9. The van der Waals surface area contributed by atoms with Crippen molar-refractivity contribution in [3.05, 3.63) is 0 Å². The van der Waals surface area contributed by atoms with Crippen LogP contribution in [-0.2, 0) is 0 Å². The van der Waals surface area contributed by atoms with Crippen molar-refractivity contribution in [3.63, 3.8) is 0 Å². The molecule has 9 N–H and O–H groups in total. The van der Waals surface area contributed by atoms with Crippen molar-refractivity contribution in [3.8, 4) is 0 Å². The molecule has 9 unspecified atom stereocenters. The highest BCUT2D eigenvalue weighted by molar-refractivity contribution is 8.15. The van der Waals surface area contributed by atoms with Gasteiger partial charge in [0.2, 0.25) is 0 Å². The fourth-order valence-electron chi connectivity index (χ4n) is 15.6. The second kappa shape index (κ2) is 52.4. The third-order valence-electron chi connectivity index (χ3n) is 21.1. The molecule has 0 saturated heterocycles. The highest BCUT2D eigenvalue weighted by atomic mass is 32.2. The molecule has 18 nitrogen and oxygen atoms in total. The maximum Gasteiger partial charge on any atom is 0.279 e. The van der Waals surface area contributed by atoms with Crippen molar-refractivity contribution in [1.29, 1.82) is 0 Å². The molecule has 9 atom stereocenters. The molecule has 5 saturated carbocycles. The number of hydrogen-bond donors (Lipinski definition) is 9. The molecule has 0 heterocycles. The first kappa shape index (κ1) is 86.0. The normalized spacial score (nSPS) is 25.8. The van der Waals surface area contributed by atoms with E-state index in [1.54, 1.807) is 28.2 Å². The standard InChI is InChI=1S/C70H123N9O9S9/c1-6-75-66(84)93-37-26-52-12-19-55(29-40-91-64(82)73-4)58(48-52)32-43-96-69(87)78-60-21-14-49(15-22-60)45-50-16-23-61(24-17-50)79-70(88)97-44-33-59-46-51(25-36-89-62(80)71-2)11-20-56(59)30-41-95-68(86)77-35-10-8-7-9-34-76-67(85)94-38-27-53-13-18-54(28-39-90-63(81)72-3)57(47-53)31-42-92-65(83)74-5/h49-61H,6-48H2,1-5H3,(H,71,80)(H,72,81)(H,73,82)(H,74,83)(H,75,84)(H,76,85)(H,77,86)(H,78,87)(H,79,88). The van der Waals surface area contributed by atoms with Gasteiger partial charge in [-0.3, -0.25) is 43.2 Å². The molecule has 0 bridgehead atoms. The van der Waals surface area contributed by atoms with E-state index in [1.807, 2.05) is 6.92 Å².